The monoisotopic (exact) mass is 417 g/mol. The van der Waals surface area contributed by atoms with Crippen molar-refractivity contribution in [1.82, 2.24) is 0 Å². The molecule has 0 aliphatic carbocycles. The van der Waals surface area contributed by atoms with Crippen LogP contribution in [0.25, 0.3) is 0 Å². The number of alkyl halides is 3. The summed E-state index contributed by atoms with van der Waals surface area (Å²) in [7, 11) is 1.41. The van der Waals surface area contributed by atoms with Gasteiger partial charge < -0.3 is 14.8 Å². The fourth-order valence-electron chi connectivity index (χ4n) is 2.58. The van der Waals surface area contributed by atoms with Crippen molar-refractivity contribution in [3.63, 3.8) is 0 Å². The van der Waals surface area contributed by atoms with E-state index in [0.717, 1.165) is 11.6 Å². The second-order valence-electron chi connectivity index (χ2n) is 5.80. The number of hydrogen-bond donors (Lipinski definition) is 1. The quantitative estimate of drug-likeness (QED) is 0.591. The van der Waals surface area contributed by atoms with E-state index in [1.165, 1.54) is 13.2 Å². The van der Waals surface area contributed by atoms with Gasteiger partial charge in [-0.15, -0.1) is 0 Å². The molecule has 8 heteroatoms. The highest BCUT2D eigenvalue weighted by molar-refractivity contribution is 7.80. The average Bonchev–Trinajstić information content (AvgIpc) is 2.60. The standard InChI is InChI=1S/C19H19ClF3NO2S/c1-4-12-9-14(19(21,22)23)17(8-11(12)2)26-10-13-15(20)6-5-7-16(13)24-18(27)25-3/h5-9H,4,10H2,1-3H3,(H,24,27). The number of benzene rings is 2. The third-order valence-corrected chi connectivity index (χ3v) is 4.66. The van der Waals surface area contributed by atoms with Crippen molar-refractivity contribution >= 4 is 34.7 Å². The number of nitrogens with one attached hydrogen (secondary N) is 1. The maximum atomic E-state index is 13.4. The molecule has 0 radical (unpaired) electrons. The highest BCUT2D eigenvalue weighted by Gasteiger charge is 2.35. The van der Waals surface area contributed by atoms with Gasteiger partial charge in [-0.1, -0.05) is 24.6 Å². The molecule has 0 aromatic heterocycles. The molecule has 3 nitrogen and oxygen atoms in total. The van der Waals surface area contributed by atoms with Gasteiger partial charge in [0.1, 0.15) is 12.4 Å². The molecule has 2 aromatic rings. The Kier molecular flexibility index (Phi) is 6.95. The van der Waals surface area contributed by atoms with E-state index in [2.05, 4.69) is 5.32 Å². The van der Waals surface area contributed by atoms with E-state index in [0.29, 0.717) is 28.3 Å². The Hall–Kier alpha value is -1.99. The van der Waals surface area contributed by atoms with E-state index < -0.39 is 11.7 Å². The lowest BCUT2D eigenvalue weighted by Crippen LogP contribution is -2.14. The minimum atomic E-state index is -4.52. The van der Waals surface area contributed by atoms with Gasteiger partial charge in [-0.2, -0.15) is 13.2 Å². The van der Waals surface area contributed by atoms with E-state index in [-0.39, 0.29) is 17.5 Å². The van der Waals surface area contributed by atoms with Gasteiger partial charge >= 0.3 is 6.18 Å². The molecule has 2 rings (SSSR count). The molecule has 0 bridgehead atoms. The van der Waals surface area contributed by atoms with Gasteiger partial charge in [0.05, 0.1) is 12.7 Å². The minimum Gasteiger partial charge on any atom is -0.488 e. The molecule has 0 spiro atoms. The Morgan fingerprint density at radius 3 is 2.56 bits per heavy atom. The molecule has 2 aromatic carbocycles. The predicted octanol–water partition coefficient (Wildman–Crippen LogP) is 6.15. The lowest BCUT2D eigenvalue weighted by atomic mass is 10.0. The summed E-state index contributed by atoms with van der Waals surface area (Å²) in [6.45, 7) is 3.40. The Morgan fingerprint density at radius 2 is 1.96 bits per heavy atom. The maximum Gasteiger partial charge on any atom is 0.419 e. The van der Waals surface area contributed by atoms with Crippen LogP contribution in [-0.4, -0.2) is 12.3 Å². The Labute approximate surface area is 166 Å². The highest BCUT2D eigenvalue weighted by Crippen LogP contribution is 2.39. The van der Waals surface area contributed by atoms with Crippen LogP contribution in [0.2, 0.25) is 5.02 Å². The Balaban J connectivity index is 2.37. The van der Waals surface area contributed by atoms with Crippen LogP contribution in [0.4, 0.5) is 18.9 Å². The van der Waals surface area contributed by atoms with E-state index in [1.54, 1.807) is 25.1 Å². The molecule has 0 aliphatic heterocycles. The molecule has 146 valence electrons. The van der Waals surface area contributed by atoms with E-state index >= 15 is 0 Å². The lowest BCUT2D eigenvalue weighted by molar-refractivity contribution is -0.139. The largest absolute Gasteiger partial charge is 0.488 e. The Bertz CT molecular complexity index is 840. The molecule has 0 amide bonds. The second kappa shape index (κ2) is 8.80. The lowest BCUT2D eigenvalue weighted by Gasteiger charge is -2.19. The summed E-state index contributed by atoms with van der Waals surface area (Å²) in [5.41, 5.74) is 1.53. The van der Waals surface area contributed by atoms with Gasteiger partial charge in [0.2, 0.25) is 0 Å². The van der Waals surface area contributed by atoms with Crippen LogP contribution in [0.1, 0.15) is 29.2 Å². The minimum absolute atomic E-state index is 0.109. The van der Waals surface area contributed by atoms with Crippen LogP contribution in [0.3, 0.4) is 0 Å². The number of hydrogen-bond acceptors (Lipinski definition) is 3. The van der Waals surface area contributed by atoms with Crippen molar-refractivity contribution < 1.29 is 22.6 Å². The zero-order valence-electron chi connectivity index (χ0n) is 15.0. The van der Waals surface area contributed by atoms with Crippen LogP contribution >= 0.6 is 23.8 Å². The van der Waals surface area contributed by atoms with Gasteiger partial charge in [0.15, 0.2) is 0 Å². The summed E-state index contributed by atoms with van der Waals surface area (Å²) in [5, 5.41) is 3.29. The molecule has 27 heavy (non-hydrogen) atoms. The zero-order valence-corrected chi connectivity index (χ0v) is 16.6. The number of ether oxygens (including phenoxy) is 2. The SMILES string of the molecule is CCc1cc(C(F)(F)F)c(OCc2c(Cl)cccc2NC(=S)OC)cc1C. The molecule has 0 fully saturated rings. The summed E-state index contributed by atoms with van der Waals surface area (Å²) < 4.78 is 50.8. The summed E-state index contributed by atoms with van der Waals surface area (Å²) in [4.78, 5) is 0. The van der Waals surface area contributed by atoms with Crippen molar-refractivity contribution in [2.24, 2.45) is 0 Å². The van der Waals surface area contributed by atoms with Crippen molar-refractivity contribution in [3.05, 3.63) is 57.6 Å². The molecule has 0 saturated carbocycles. The summed E-state index contributed by atoms with van der Waals surface area (Å²) in [5.74, 6) is -0.239. The van der Waals surface area contributed by atoms with Gasteiger partial charge in [-0.05, 0) is 61.0 Å². The Morgan fingerprint density at radius 1 is 1.26 bits per heavy atom. The van der Waals surface area contributed by atoms with Crippen LogP contribution in [0.15, 0.2) is 30.3 Å². The number of halogens is 4. The number of rotatable bonds is 5. The van der Waals surface area contributed by atoms with Crippen molar-refractivity contribution in [1.29, 1.82) is 0 Å². The third kappa shape index (κ3) is 5.26. The van der Waals surface area contributed by atoms with Crippen molar-refractivity contribution in [2.75, 3.05) is 12.4 Å². The molecule has 0 heterocycles. The first kappa shape index (κ1) is 21.3. The number of aryl methyl sites for hydroxylation is 2. The van der Waals surface area contributed by atoms with Crippen molar-refractivity contribution in [3.8, 4) is 5.75 Å². The van der Waals surface area contributed by atoms with Crippen LogP contribution < -0.4 is 10.1 Å². The first-order valence-corrected chi connectivity index (χ1v) is 8.91. The van der Waals surface area contributed by atoms with Crippen LogP contribution in [0.5, 0.6) is 5.75 Å². The zero-order chi connectivity index (χ0) is 20.2. The summed E-state index contributed by atoms with van der Waals surface area (Å²) in [6, 6.07) is 7.54. The molecule has 0 atom stereocenters. The number of thiocarbonyl (C=S) groups is 1. The molecule has 0 aliphatic rings. The van der Waals surface area contributed by atoms with Gasteiger partial charge in [-0.3, -0.25) is 0 Å². The van der Waals surface area contributed by atoms with Gasteiger partial charge in [-0.25, -0.2) is 0 Å². The van der Waals surface area contributed by atoms with E-state index in [9.17, 15) is 13.2 Å². The fraction of sp³-hybridized carbons (Fsp3) is 0.316. The molecule has 0 saturated heterocycles. The first-order chi connectivity index (χ1) is 12.7. The predicted molar refractivity (Wildman–Crippen MR) is 105 cm³/mol. The number of anilines is 1. The topological polar surface area (TPSA) is 30.5 Å². The fourth-order valence-corrected chi connectivity index (χ4v) is 2.92. The van der Waals surface area contributed by atoms with E-state index in [4.69, 9.17) is 33.3 Å². The van der Waals surface area contributed by atoms with Crippen molar-refractivity contribution in [2.45, 2.75) is 33.1 Å². The summed E-state index contributed by atoms with van der Waals surface area (Å²) in [6.07, 6.45) is -4.02. The average molecular weight is 418 g/mol. The smallest absolute Gasteiger partial charge is 0.419 e. The normalized spacial score (nSPS) is 11.2. The second-order valence-corrected chi connectivity index (χ2v) is 6.58. The maximum absolute atomic E-state index is 13.4. The third-order valence-electron chi connectivity index (χ3n) is 4.04. The van der Waals surface area contributed by atoms with Gasteiger partial charge in [0, 0.05) is 16.3 Å². The van der Waals surface area contributed by atoms with Gasteiger partial charge in [0.25, 0.3) is 5.17 Å². The molecular weight excluding hydrogens is 399 g/mol. The highest BCUT2D eigenvalue weighted by atomic mass is 35.5. The molecular formula is C19H19ClF3NO2S. The molecule has 0 unspecified atom stereocenters. The number of methoxy groups -OCH3 is 1. The molecule has 1 N–H and O–H groups in total. The first-order valence-electron chi connectivity index (χ1n) is 8.13. The van der Waals surface area contributed by atoms with E-state index in [1.807, 2.05) is 6.92 Å². The summed E-state index contributed by atoms with van der Waals surface area (Å²) >= 11 is 11.2. The van der Waals surface area contributed by atoms with Crippen LogP contribution in [0, 0.1) is 6.92 Å². The van der Waals surface area contributed by atoms with Crippen LogP contribution in [-0.2, 0) is 23.9 Å².